The molecule has 0 saturated carbocycles. The molecule has 32 heavy (non-hydrogen) atoms. The standard InChI is InChI=1S/C27H33FN2O2/c1-5-7-8-24-27(28)25(13-15-29-24)30-16-14-23(18-30)32-22-11-9-21(10-12-22)20(4)26(31)17-19(3)6-2/h2,9-13,15,19-20,23H,5,7-8,14,16-18H2,1,3-4H3. The first-order chi connectivity index (χ1) is 15.4. The summed E-state index contributed by atoms with van der Waals surface area (Å²) in [5.74, 6) is 3.07. The number of hydrogen-bond acceptors (Lipinski definition) is 4. The molecule has 0 spiro atoms. The normalized spacial score (nSPS) is 17.6. The number of hydrogen-bond donors (Lipinski definition) is 0. The van der Waals surface area contributed by atoms with Gasteiger partial charge in [0.25, 0.3) is 0 Å². The van der Waals surface area contributed by atoms with E-state index in [-0.39, 0.29) is 29.5 Å². The van der Waals surface area contributed by atoms with Crippen LogP contribution in [0.2, 0.25) is 0 Å². The fraction of sp³-hybridized carbons (Fsp3) is 0.481. The van der Waals surface area contributed by atoms with Crippen molar-refractivity contribution < 1.29 is 13.9 Å². The molecule has 1 saturated heterocycles. The third-order valence-electron chi connectivity index (χ3n) is 6.15. The van der Waals surface area contributed by atoms with Crippen LogP contribution in [0.1, 0.15) is 63.6 Å². The molecule has 1 aromatic heterocycles. The van der Waals surface area contributed by atoms with E-state index in [4.69, 9.17) is 11.2 Å². The fourth-order valence-corrected chi connectivity index (χ4v) is 4.03. The SMILES string of the molecule is C#CC(C)CC(=O)C(C)c1ccc(OC2CCN(c3ccnc(CCCC)c3F)C2)cc1. The summed E-state index contributed by atoms with van der Waals surface area (Å²) < 4.78 is 21.1. The van der Waals surface area contributed by atoms with Gasteiger partial charge in [0.1, 0.15) is 17.6 Å². The van der Waals surface area contributed by atoms with Gasteiger partial charge < -0.3 is 9.64 Å². The number of carbonyl (C=O) groups is 1. The molecule has 5 heteroatoms. The average Bonchev–Trinajstić information content (AvgIpc) is 3.26. The molecule has 1 aliphatic heterocycles. The van der Waals surface area contributed by atoms with Gasteiger partial charge in [-0.2, -0.15) is 0 Å². The fourth-order valence-electron chi connectivity index (χ4n) is 4.03. The first-order valence-electron chi connectivity index (χ1n) is 11.6. The lowest BCUT2D eigenvalue weighted by Crippen LogP contribution is -2.25. The number of anilines is 1. The summed E-state index contributed by atoms with van der Waals surface area (Å²) in [4.78, 5) is 18.7. The maximum absolute atomic E-state index is 14.9. The number of terminal acetylenes is 1. The molecule has 1 fully saturated rings. The van der Waals surface area contributed by atoms with Gasteiger partial charge >= 0.3 is 0 Å². The summed E-state index contributed by atoms with van der Waals surface area (Å²) in [6.07, 6.45) is 10.9. The Kier molecular flexibility index (Phi) is 8.27. The van der Waals surface area contributed by atoms with E-state index in [2.05, 4.69) is 17.8 Å². The molecule has 0 aliphatic carbocycles. The quantitative estimate of drug-likeness (QED) is 0.458. The maximum atomic E-state index is 14.9. The summed E-state index contributed by atoms with van der Waals surface area (Å²) in [6.45, 7) is 7.27. The molecule has 2 heterocycles. The van der Waals surface area contributed by atoms with Gasteiger partial charge in [-0.25, -0.2) is 4.39 Å². The Morgan fingerprint density at radius 2 is 2.06 bits per heavy atom. The van der Waals surface area contributed by atoms with Crippen molar-refractivity contribution in [2.75, 3.05) is 18.0 Å². The van der Waals surface area contributed by atoms with Crippen molar-refractivity contribution in [3.8, 4) is 18.1 Å². The third kappa shape index (κ3) is 5.88. The van der Waals surface area contributed by atoms with Crippen LogP contribution in [0.3, 0.4) is 0 Å². The predicted octanol–water partition coefficient (Wildman–Crippen LogP) is 5.55. The van der Waals surface area contributed by atoms with Crippen molar-refractivity contribution in [2.45, 2.75) is 64.9 Å². The van der Waals surface area contributed by atoms with Crippen LogP contribution >= 0.6 is 0 Å². The van der Waals surface area contributed by atoms with Gasteiger partial charge in [-0.3, -0.25) is 9.78 Å². The van der Waals surface area contributed by atoms with Crippen LogP contribution in [0.15, 0.2) is 36.5 Å². The van der Waals surface area contributed by atoms with Crippen LogP contribution in [-0.2, 0) is 11.2 Å². The Hall–Kier alpha value is -2.87. The third-order valence-corrected chi connectivity index (χ3v) is 6.15. The van der Waals surface area contributed by atoms with E-state index >= 15 is 0 Å². The van der Waals surface area contributed by atoms with E-state index in [9.17, 15) is 9.18 Å². The monoisotopic (exact) mass is 436 g/mol. The number of halogens is 1. The summed E-state index contributed by atoms with van der Waals surface area (Å²) in [5.41, 5.74) is 2.11. The number of pyridine rings is 1. The maximum Gasteiger partial charge on any atom is 0.167 e. The summed E-state index contributed by atoms with van der Waals surface area (Å²) in [7, 11) is 0. The molecule has 3 rings (SSSR count). The van der Waals surface area contributed by atoms with Crippen molar-refractivity contribution in [3.63, 3.8) is 0 Å². The van der Waals surface area contributed by atoms with Crippen LogP contribution in [0.5, 0.6) is 5.75 Å². The second-order valence-electron chi connectivity index (χ2n) is 8.70. The largest absolute Gasteiger partial charge is 0.489 e. The number of ketones is 1. The zero-order valence-corrected chi connectivity index (χ0v) is 19.3. The highest BCUT2D eigenvalue weighted by atomic mass is 19.1. The number of Topliss-reactive ketones (excluding diaryl/α,β-unsaturated/α-hetero) is 1. The van der Waals surface area contributed by atoms with Gasteiger partial charge in [-0.1, -0.05) is 39.3 Å². The molecule has 4 nitrogen and oxygen atoms in total. The first-order valence-corrected chi connectivity index (χ1v) is 11.6. The molecule has 1 aromatic carbocycles. The van der Waals surface area contributed by atoms with Crippen LogP contribution < -0.4 is 9.64 Å². The highest BCUT2D eigenvalue weighted by molar-refractivity contribution is 5.85. The van der Waals surface area contributed by atoms with E-state index in [1.807, 2.05) is 43.0 Å². The van der Waals surface area contributed by atoms with Crippen molar-refractivity contribution in [1.82, 2.24) is 4.98 Å². The summed E-state index contributed by atoms with van der Waals surface area (Å²) in [6, 6.07) is 9.44. The van der Waals surface area contributed by atoms with Crippen molar-refractivity contribution in [3.05, 3.63) is 53.6 Å². The number of ether oxygens (including phenoxy) is 1. The van der Waals surface area contributed by atoms with E-state index < -0.39 is 0 Å². The van der Waals surface area contributed by atoms with Crippen LogP contribution in [0, 0.1) is 24.1 Å². The van der Waals surface area contributed by atoms with Crippen molar-refractivity contribution >= 4 is 11.5 Å². The molecule has 3 atom stereocenters. The Morgan fingerprint density at radius 3 is 2.75 bits per heavy atom. The second-order valence-corrected chi connectivity index (χ2v) is 8.70. The van der Waals surface area contributed by atoms with Gasteiger partial charge in [0.05, 0.1) is 17.9 Å². The number of aromatic nitrogens is 1. The number of benzene rings is 1. The van der Waals surface area contributed by atoms with Gasteiger partial charge in [0, 0.05) is 37.4 Å². The Morgan fingerprint density at radius 1 is 1.31 bits per heavy atom. The minimum absolute atomic E-state index is 0.0111. The topological polar surface area (TPSA) is 42.4 Å². The Labute approximate surface area is 191 Å². The molecule has 170 valence electrons. The predicted molar refractivity (Wildman–Crippen MR) is 127 cm³/mol. The minimum atomic E-state index is -0.205. The van der Waals surface area contributed by atoms with Crippen LogP contribution in [0.25, 0.3) is 0 Å². The zero-order valence-electron chi connectivity index (χ0n) is 19.3. The number of nitrogens with zero attached hydrogens (tertiary/aromatic N) is 2. The average molecular weight is 437 g/mol. The highest BCUT2D eigenvalue weighted by Gasteiger charge is 2.27. The van der Waals surface area contributed by atoms with E-state index in [1.165, 1.54) is 0 Å². The van der Waals surface area contributed by atoms with Crippen molar-refractivity contribution in [1.29, 1.82) is 0 Å². The highest BCUT2D eigenvalue weighted by Crippen LogP contribution is 2.28. The van der Waals surface area contributed by atoms with Crippen LogP contribution in [-0.4, -0.2) is 30.0 Å². The Bertz CT molecular complexity index is 951. The number of carbonyl (C=O) groups excluding carboxylic acids is 1. The van der Waals surface area contributed by atoms with Gasteiger partial charge in [0.15, 0.2) is 5.82 Å². The van der Waals surface area contributed by atoms with E-state index in [0.717, 1.165) is 37.1 Å². The summed E-state index contributed by atoms with van der Waals surface area (Å²) in [5, 5.41) is 0. The van der Waals surface area contributed by atoms with E-state index in [0.29, 0.717) is 30.8 Å². The molecule has 0 N–H and O–H groups in total. The zero-order chi connectivity index (χ0) is 23.1. The van der Waals surface area contributed by atoms with Crippen molar-refractivity contribution in [2.24, 2.45) is 5.92 Å². The number of aryl methyl sites for hydroxylation is 1. The van der Waals surface area contributed by atoms with Gasteiger partial charge in [-0.15, -0.1) is 12.3 Å². The molecule has 0 radical (unpaired) electrons. The molecular weight excluding hydrogens is 403 g/mol. The van der Waals surface area contributed by atoms with Gasteiger partial charge in [-0.05, 0) is 36.6 Å². The van der Waals surface area contributed by atoms with Gasteiger partial charge in [0.2, 0.25) is 0 Å². The smallest absolute Gasteiger partial charge is 0.167 e. The molecule has 1 aliphatic rings. The first kappa shape index (κ1) is 23.8. The van der Waals surface area contributed by atoms with Crippen LogP contribution in [0.4, 0.5) is 10.1 Å². The van der Waals surface area contributed by atoms with E-state index in [1.54, 1.807) is 12.3 Å². The molecule has 3 unspecified atom stereocenters. The Balaban J connectivity index is 1.58. The lowest BCUT2D eigenvalue weighted by Gasteiger charge is -2.20. The second kappa shape index (κ2) is 11.1. The molecule has 0 amide bonds. The lowest BCUT2D eigenvalue weighted by molar-refractivity contribution is -0.120. The number of unbranched alkanes of at least 4 members (excludes halogenated alkanes) is 1. The lowest BCUT2D eigenvalue weighted by atomic mass is 9.91. The number of rotatable bonds is 10. The molecule has 2 aromatic rings. The molecular formula is C27H33FN2O2. The minimum Gasteiger partial charge on any atom is -0.489 e. The molecule has 0 bridgehead atoms. The summed E-state index contributed by atoms with van der Waals surface area (Å²) >= 11 is 0.